The van der Waals surface area contributed by atoms with E-state index in [2.05, 4.69) is 28.6 Å². The molecule has 21 heteroatoms. The summed E-state index contributed by atoms with van der Waals surface area (Å²) >= 11 is 0. The topological polar surface area (TPSA) is 257 Å². The summed E-state index contributed by atoms with van der Waals surface area (Å²) in [4.78, 5) is 129. The van der Waals surface area contributed by atoms with Crippen molar-refractivity contribution in [2.75, 3.05) is 56.9 Å². The predicted octanol–water partition coefficient (Wildman–Crippen LogP) is 9.86. The van der Waals surface area contributed by atoms with Crippen molar-refractivity contribution < 1.29 is 71.9 Å². The number of ketones is 3. The van der Waals surface area contributed by atoms with Crippen LogP contribution in [-0.4, -0.2) is 139 Å². The van der Waals surface area contributed by atoms with Gasteiger partial charge in [0.05, 0.1) is 81.2 Å². The van der Waals surface area contributed by atoms with Gasteiger partial charge in [0.1, 0.15) is 12.4 Å². The molecule has 12 rings (SSSR count). The monoisotopic (exact) mass is 1350 g/mol. The summed E-state index contributed by atoms with van der Waals surface area (Å²) in [5.74, 6) is 4.31. The number of benzene rings is 5. The number of hydrogen-bond donors (Lipinski definition) is 3. The number of fused-ring (bicyclic) bond motifs is 6. The molecular formula is C78H86N6O15. The van der Waals surface area contributed by atoms with Crippen molar-refractivity contribution in [2.45, 2.75) is 155 Å². The lowest BCUT2D eigenvalue weighted by atomic mass is 9.89. The maximum atomic E-state index is 14.5. The molecule has 7 aliphatic rings. The van der Waals surface area contributed by atoms with Gasteiger partial charge in [0.25, 0.3) is 11.8 Å². The first-order chi connectivity index (χ1) is 47.7. The van der Waals surface area contributed by atoms with Crippen LogP contribution in [0.1, 0.15) is 165 Å². The van der Waals surface area contributed by atoms with Crippen LogP contribution in [0.15, 0.2) is 103 Å². The number of ether oxygens (including phenoxy) is 5. The van der Waals surface area contributed by atoms with E-state index in [1.807, 2.05) is 65.6 Å². The number of carbonyl (C=O) groups excluding carboxylic acids is 9. The van der Waals surface area contributed by atoms with E-state index in [0.29, 0.717) is 78.4 Å². The van der Waals surface area contributed by atoms with Gasteiger partial charge in [-0.1, -0.05) is 92.4 Å². The summed E-state index contributed by atoms with van der Waals surface area (Å²) < 4.78 is 29.9. The van der Waals surface area contributed by atoms with E-state index >= 15 is 0 Å². The summed E-state index contributed by atoms with van der Waals surface area (Å²) in [6, 6.07) is 27.1. The molecule has 518 valence electrons. The van der Waals surface area contributed by atoms with Crippen molar-refractivity contribution in [3.05, 3.63) is 148 Å². The van der Waals surface area contributed by atoms with Crippen molar-refractivity contribution in [1.29, 1.82) is 0 Å². The van der Waals surface area contributed by atoms with E-state index in [4.69, 9.17) is 23.7 Å². The highest BCUT2D eigenvalue weighted by atomic mass is 16.6. The van der Waals surface area contributed by atoms with Crippen LogP contribution in [0.4, 0.5) is 16.2 Å². The fourth-order valence-corrected chi connectivity index (χ4v) is 14.2. The molecular weight excluding hydrogens is 1260 g/mol. The largest absolute Gasteiger partial charge is 0.493 e. The molecule has 2 saturated carbocycles. The molecule has 2 aliphatic carbocycles. The molecule has 0 bridgehead atoms. The van der Waals surface area contributed by atoms with Crippen LogP contribution in [0.3, 0.4) is 0 Å². The molecule has 0 radical (unpaired) electrons. The molecule has 0 aromatic heterocycles. The predicted molar refractivity (Wildman–Crippen MR) is 368 cm³/mol. The Hall–Kier alpha value is -9.81. The second kappa shape index (κ2) is 29.7. The molecule has 4 fully saturated rings. The van der Waals surface area contributed by atoms with Crippen LogP contribution in [0.25, 0.3) is 6.08 Å². The molecule has 2 spiro atoms. The fourth-order valence-electron chi connectivity index (χ4n) is 14.2. The smallest absolute Gasteiger partial charge is 0.416 e. The zero-order valence-electron chi connectivity index (χ0n) is 56.9. The van der Waals surface area contributed by atoms with Crippen molar-refractivity contribution in [2.24, 2.45) is 22.7 Å². The molecule has 21 nitrogen and oxygen atoms in total. The lowest BCUT2D eigenvalue weighted by molar-refractivity contribution is -0.133. The van der Waals surface area contributed by atoms with Crippen LogP contribution in [0, 0.1) is 34.5 Å². The SMILES string of the molecule is COc1cc2c(cc1OCCCCCOc1cc3c(cc1OC)C(=O)N1CC4(CC4)C[C@H]1C(O)N3C(=O)OCc1ccc(CC(=O)[C@H](C)NC(=O)[C@@H](CC(=O)CNC(=O)CCC(=O)CCC(=O)N3Cc4ccccc4C#Cc4ccccc43)C(C)C)cc1)C=C[C@@H]1CC3(CC3)CN1C2=O. The number of amides is 6. The van der Waals surface area contributed by atoms with Gasteiger partial charge in [-0.05, 0) is 140 Å². The fraction of sp³-hybridized carbons (Fsp3) is 0.449. The van der Waals surface area contributed by atoms with E-state index in [0.717, 1.165) is 53.8 Å². The number of nitrogens with zero attached hydrogens (tertiary/aromatic N) is 4. The van der Waals surface area contributed by atoms with Crippen molar-refractivity contribution >= 4 is 70.4 Å². The van der Waals surface area contributed by atoms with Gasteiger partial charge in [-0.15, -0.1) is 0 Å². The number of nitrogens with one attached hydrogen (secondary N) is 2. The molecule has 5 aromatic rings. The Balaban J connectivity index is 0.590. The number of carbonyl (C=O) groups is 9. The Kier molecular flexibility index (Phi) is 20.7. The van der Waals surface area contributed by atoms with Gasteiger partial charge in [-0.25, -0.2) is 9.69 Å². The minimum absolute atomic E-state index is 0.0226. The quantitative estimate of drug-likeness (QED) is 0.0311. The van der Waals surface area contributed by atoms with Crippen LogP contribution < -0.4 is 39.4 Å². The zero-order chi connectivity index (χ0) is 69.7. The maximum absolute atomic E-state index is 14.5. The third-order valence-electron chi connectivity index (χ3n) is 20.6. The molecule has 5 aromatic carbocycles. The summed E-state index contributed by atoms with van der Waals surface area (Å²) in [5.41, 5.74) is 6.13. The standard InChI is InChI=1S/C78H86N6O15/c1-48(2)59(37-58(86)43-79-70(88)27-25-57(85)26-28-71(89)81-44-55-15-8-7-13-52(55)21-22-53-14-9-10-16-62(53)81)72(90)80-49(3)65(87)35-50-17-19-51(20-18-50)45-99-76(94)84-63-40-69(67(96-5)39-61(63)74(92)83-47-78(31-32-78)42-64(83)75(84)93)98-34-12-6-11-33-97-68-36-54-23-24-56-41-77(29-30-77)46-82(56)73(91)60(54)38-66(68)95-4/h7-10,13-20,23-24,36,38-40,48-49,56,59,64,75,93H,6,11-12,25-35,37,41-47H2,1-5H3,(H,79,88)(H,80,90)/t49-,56+,59-,64-,75?/m0/s1. The highest BCUT2D eigenvalue weighted by Crippen LogP contribution is 2.58. The van der Waals surface area contributed by atoms with Crippen LogP contribution in [0.2, 0.25) is 0 Å². The van der Waals surface area contributed by atoms with Crippen LogP contribution in [0.5, 0.6) is 23.0 Å². The van der Waals surface area contributed by atoms with Crippen molar-refractivity contribution in [1.82, 2.24) is 20.4 Å². The highest BCUT2D eigenvalue weighted by molar-refractivity contribution is 6.06. The number of anilines is 2. The molecule has 3 N–H and O–H groups in total. The first-order valence-electron chi connectivity index (χ1n) is 34.6. The number of aliphatic hydroxyl groups excluding tert-OH is 1. The summed E-state index contributed by atoms with van der Waals surface area (Å²) in [5, 5.41) is 17.5. The van der Waals surface area contributed by atoms with E-state index < -0.39 is 47.9 Å². The zero-order valence-corrected chi connectivity index (χ0v) is 56.9. The molecule has 5 atom stereocenters. The Morgan fingerprint density at radius 3 is 2.00 bits per heavy atom. The maximum Gasteiger partial charge on any atom is 0.416 e. The van der Waals surface area contributed by atoms with E-state index in [1.54, 1.807) is 80.1 Å². The van der Waals surface area contributed by atoms with Crippen LogP contribution >= 0.6 is 0 Å². The van der Waals surface area contributed by atoms with E-state index in [-0.39, 0.29) is 133 Å². The molecule has 5 aliphatic heterocycles. The summed E-state index contributed by atoms with van der Waals surface area (Å²) in [7, 11) is 3.04. The average Bonchev–Trinajstić information content (AvgIpc) is 1.58. The molecule has 2 saturated heterocycles. The number of aliphatic hydroxyl groups is 1. The Morgan fingerprint density at radius 2 is 1.29 bits per heavy atom. The third-order valence-corrected chi connectivity index (χ3v) is 20.6. The second-order valence-corrected chi connectivity index (χ2v) is 28.0. The van der Waals surface area contributed by atoms with Gasteiger partial charge in [0, 0.05) is 74.7 Å². The molecule has 99 heavy (non-hydrogen) atoms. The van der Waals surface area contributed by atoms with E-state index in [9.17, 15) is 48.3 Å². The number of Topliss-reactive ketones (excluding diaryl/α,β-unsaturated/α-hetero) is 3. The second-order valence-electron chi connectivity index (χ2n) is 28.0. The lowest BCUT2D eigenvalue weighted by Crippen LogP contribution is -2.50. The number of methoxy groups -OCH3 is 2. The van der Waals surface area contributed by atoms with Crippen molar-refractivity contribution in [3.63, 3.8) is 0 Å². The van der Waals surface area contributed by atoms with Gasteiger partial charge < -0.3 is 54.1 Å². The summed E-state index contributed by atoms with van der Waals surface area (Å²) in [6.07, 6.45) is 8.89. The lowest BCUT2D eigenvalue weighted by Gasteiger charge is -2.31. The van der Waals surface area contributed by atoms with Gasteiger partial charge in [0.15, 0.2) is 40.8 Å². The molecule has 6 amide bonds. The molecule has 5 heterocycles. The van der Waals surface area contributed by atoms with E-state index in [1.165, 1.54) is 20.0 Å². The Morgan fingerprint density at radius 1 is 0.667 bits per heavy atom. The number of para-hydroxylation sites is 1. The normalized spacial score (nSPS) is 19.0. The Labute approximate surface area is 576 Å². The van der Waals surface area contributed by atoms with Gasteiger partial charge in [0.2, 0.25) is 17.7 Å². The summed E-state index contributed by atoms with van der Waals surface area (Å²) in [6.45, 7) is 6.76. The van der Waals surface area contributed by atoms with Crippen molar-refractivity contribution in [3.8, 4) is 34.8 Å². The number of unbranched alkanes of at least 4 members (excludes halogenated alkanes) is 2. The van der Waals surface area contributed by atoms with Gasteiger partial charge in [-0.2, -0.15) is 0 Å². The van der Waals surface area contributed by atoms with Gasteiger partial charge >= 0.3 is 6.09 Å². The number of rotatable bonds is 28. The molecule has 1 unspecified atom stereocenters. The van der Waals surface area contributed by atoms with Gasteiger partial charge in [-0.3, -0.25) is 38.4 Å². The average molecular weight is 1350 g/mol. The highest BCUT2D eigenvalue weighted by Gasteiger charge is 2.58. The third kappa shape index (κ3) is 15.7. The minimum Gasteiger partial charge on any atom is -0.493 e. The first-order valence-corrected chi connectivity index (χ1v) is 34.6. The number of hydrogen-bond acceptors (Lipinski definition) is 15. The van der Waals surface area contributed by atoms with Crippen LogP contribution in [-0.2, 0) is 53.1 Å². The first kappa shape index (κ1) is 69.1. The Bertz CT molecular complexity index is 4090. The minimum atomic E-state index is -1.45.